The zero-order valence-corrected chi connectivity index (χ0v) is 11.3. The summed E-state index contributed by atoms with van der Waals surface area (Å²) in [5.41, 5.74) is 2.57. The molecule has 0 spiro atoms. The predicted molar refractivity (Wildman–Crippen MR) is 73.1 cm³/mol. The van der Waals surface area contributed by atoms with Crippen molar-refractivity contribution in [1.29, 1.82) is 0 Å². The van der Waals surface area contributed by atoms with Crippen molar-refractivity contribution in [3.05, 3.63) is 47.0 Å². The molecule has 20 heavy (non-hydrogen) atoms. The Labute approximate surface area is 117 Å². The second-order valence-corrected chi connectivity index (χ2v) is 4.84. The van der Waals surface area contributed by atoms with Gasteiger partial charge in [0.05, 0.1) is 5.92 Å². The highest BCUT2D eigenvalue weighted by molar-refractivity contribution is 5.85. The second-order valence-electron chi connectivity index (χ2n) is 4.84. The van der Waals surface area contributed by atoms with E-state index >= 15 is 0 Å². The van der Waals surface area contributed by atoms with Crippen molar-refractivity contribution in [2.75, 3.05) is 13.1 Å². The first kappa shape index (κ1) is 14.3. The molecular formula is C15H17NO4. The van der Waals surface area contributed by atoms with Crippen molar-refractivity contribution in [2.45, 2.75) is 13.5 Å². The Balaban J connectivity index is 1.94. The van der Waals surface area contributed by atoms with Crippen molar-refractivity contribution in [3.8, 4) is 0 Å². The van der Waals surface area contributed by atoms with Gasteiger partial charge in [0.25, 0.3) is 0 Å². The third-order valence-electron chi connectivity index (χ3n) is 3.19. The van der Waals surface area contributed by atoms with Crippen molar-refractivity contribution in [1.82, 2.24) is 5.32 Å². The first-order valence-electron chi connectivity index (χ1n) is 6.42. The number of aliphatic carboxylic acids is 1. The van der Waals surface area contributed by atoms with Crippen molar-refractivity contribution >= 4 is 11.9 Å². The molecule has 0 aromatic heterocycles. The van der Waals surface area contributed by atoms with Gasteiger partial charge in [-0.15, -0.1) is 0 Å². The number of esters is 1. The molecule has 0 aliphatic carbocycles. The molecular weight excluding hydrogens is 258 g/mol. The van der Waals surface area contributed by atoms with E-state index in [1.807, 2.05) is 31.2 Å². The first-order chi connectivity index (χ1) is 9.56. The lowest BCUT2D eigenvalue weighted by Crippen LogP contribution is -2.18. The fourth-order valence-corrected chi connectivity index (χ4v) is 2.16. The summed E-state index contributed by atoms with van der Waals surface area (Å²) in [7, 11) is 0. The van der Waals surface area contributed by atoms with Gasteiger partial charge in [0.15, 0.2) is 0 Å². The van der Waals surface area contributed by atoms with Crippen LogP contribution in [0.1, 0.15) is 11.1 Å². The molecule has 2 N–H and O–H groups in total. The summed E-state index contributed by atoms with van der Waals surface area (Å²) in [6.07, 6.45) is 1.29. The zero-order valence-electron chi connectivity index (χ0n) is 11.3. The SMILES string of the molecule is Cc1cccc(COC(=O)C=C2CNCC2C(=O)O)c1. The van der Waals surface area contributed by atoms with Gasteiger partial charge in [-0.05, 0) is 18.1 Å². The van der Waals surface area contributed by atoms with Crippen LogP contribution >= 0.6 is 0 Å². The van der Waals surface area contributed by atoms with Crippen LogP contribution in [0.3, 0.4) is 0 Å². The maximum Gasteiger partial charge on any atom is 0.331 e. The van der Waals surface area contributed by atoms with Gasteiger partial charge in [0.1, 0.15) is 6.61 Å². The van der Waals surface area contributed by atoms with E-state index in [2.05, 4.69) is 5.32 Å². The Morgan fingerprint density at radius 1 is 1.50 bits per heavy atom. The maximum atomic E-state index is 11.7. The molecule has 0 saturated carbocycles. The van der Waals surface area contributed by atoms with Crippen LogP contribution in [0.5, 0.6) is 0 Å². The Kier molecular flexibility index (Phi) is 4.53. The molecule has 5 nitrogen and oxygen atoms in total. The van der Waals surface area contributed by atoms with Gasteiger partial charge in [-0.2, -0.15) is 0 Å². The molecule has 2 rings (SSSR count). The van der Waals surface area contributed by atoms with E-state index in [0.29, 0.717) is 18.7 Å². The number of ether oxygens (including phenoxy) is 1. The molecule has 0 amide bonds. The number of rotatable bonds is 4. The van der Waals surface area contributed by atoms with Crippen LogP contribution in [-0.4, -0.2) is 30.1 Å². The summed E-state index contributed by atoms with van der Waals surface area (Å²) >= 11 is 0. The monoisotopic (exact) mass is 275 g/mol. The minimum absolute atomic E-state index is 0.190. The Morgan fingerprint density at radius 2 is 2.30 bits per heavy atom. The van der Waals surface area contributed by atoms with Crippen LogP contribution in [0.15, 0.2) is 35.9 Å². The molecule has 1 saturated heterocycles. The normalized spacial score (nSPS) is 20.1. The van der Waals surface area contributed by atoms with Crippen LogP contribution < -0.4 is 5.32 Å². The topological polar surface area (TPSA) is 75.6 Å². The van der Waals surface area contributed by atoms with E-state index in [4.69, 9.17) is 9.84 Å². The molecule has 5 heteroatoms. The lowest BCUT2D eigenvalue weighted by Gasteiger charge is -2.06. The molecule has 1 aromatic carbocycles. The smallest absolute Gasteiger partial charge is 0.331 e. The van der Waals surface area contributed by atoms with Crippen molar-refractivity contribution in [2.24, 2.45) is 5.92 Å². The van der Waals surface area contributed by atoms with Gasteiger partial charge < -0.3 is 15.2 Å². The minimum Gasteiger partial charge on any atom is -0.481 e. The maximum absolute atomic E-state index is 11.7. The third kappa shape index (κ3) is 3.68. The number of carbonyl (C=O) groups excluding carboxylic acids is 1. The molecule has 0 radical (unpaired) electrons. The van der Waals surface area contributed by atoms with E-state index in [-0.39, 0.29) is 6.61 Å². The summed E-state index contributed by atoms with van der Waals surface area (Å²) < 4.78 is 5.14. The number of nitrogens with one attached hydrogen (secondary N) is 1. The molecule has 1 unspecified atom stereocenters. The van der Waals surface area contributed by atoms with E-state index in [0.717, 1.165) is 11.1 Å². The molecule has 1 atom stereocenters. The highest BCUT2D eigenvalue weighted by Gasteiger charge is 2.27. The van der Waals surface area contributed by atoms with E-state index in [1.165, 1.54) is 6.08 Å². The van der Waals surface area contributed by atoms with Gasteiger partial charge in [-0.25, -0.2) is 4.79 Å². The molecule has 1 aliphatic heterocycles. The average Bonchev–Trinajstić information content (AvgIpc) is 2.85. The first-order valence-corrected chi connectivity index (χ1v) is 6.42. The molecule has 0 bridgehead atoms. The Morgan fingerprint density at radius 3 is 3.00 bits per heavy atom. The summed E-state index contributed by atoms with van der Waals surface area (Å²) in [5.74, 6) is -2.06. The molecule has 1 aliphatic rings. The molecule has 1 heterocycles. The van der Waals surface area contributed by atoms with Crippen LogP contribution in [0.2, 0.25) is 0 Å². The van der Waals surface area contributed by atoms with Crippen LogP contribution in [0, 0.1) is 12.8 Å². The highest BCUT2D eigenvalue weighted by Crippen LogP contribution is 2.16. The van der Waals surface area contributed by atoms with E-state index in [1.54, 1.807) is 0 Å². The number of carbonyl (C=O) groups is 2. The lowest BCUT2D eigenvalue weighted by molar-refractivity contribution is -0.139. The predicted octanol–water partition coefficient (Wildman–Crippen LogP) is 1.27. The number of carboxylic acid groups (broad SMARTS) is 1. The molecule has 1 aromatic rings. The van der Waals surface area contributed by atoms with Gasteiger partial charge in [0.2, 0.25) is 0 Å². The van der Waals surface area contributed by atoms with Crippen molar-refractivity contribution < 1.29 is 19.4 Å². The lowest BCUT2D eigenvalue weighted by atomic mass is 10.0. The van der Waals surface area contributed by atoms with Crippen LogP contribution in [-0.2, 0) is 20.9 Å². The Hall–Kier alpha value is -2.14. The Bertz CT molecular complexity index is 551. The number of hydrogen-bond acceptors (Lipinski definition) is 4. The van der Waals surface area contributed by atoms with Gasteiger partial charge in [-0.1, -0.05) is 29.8 Å². The summed E-state index contributed by atoms with van der Waals surface area (Å²) in [6.45, 7) is 2.92. The number of hydrogen-bond donors (Lipinski definition) is 2. The summed E-state index contributed by atoms with van der Waals surface area (Å²) in [5, 5.41) is 11.9. The standard InChI is InChI=1S/C15H17NO4/c1-10-3-2-4-11(5-10)9-20-14(17)6-12-7-16-8-13(12)15(18)19/h2-6,13,16H,7-9H2,1H3,(H,18,19). The summed E-state index contributed by atoms with van der Waals surface area (Å²) in [6, 6.07) is 7.69. The van der Waals surface area contributed by atoms with Gasteiger partial charge in [-0.3, -0.25) is 4.79 Å². The largest absolute Gasteiger partial charge is 0.481 e. The van der Waals surface area contributed by atoms with Crippen LogP contribution in [0.25, 0.3) is 0 Å². The second kappa shape index (κ2) is 6.34. The highest BCUT2D eigenvalue weighted by atomic mass is 16.5. The number of carboxylic acids is 1. The number of aryl methyl sites for hydroxylation is 1. The molecule has 106 valence electrons. The fraction of sp³-hybridized carbons (Fsp3) is 0.333. The third-order valence-corrected chi connectivity index (χ3v) is 3.19. The number of benzene rings is 1. The van der Waals surface area contributed by atoms with Crippen molar-refractivity contribution in [3.63, 3.8) is 0 Å². The van der Waals surface area contributed by atoms with E-state index in [9.17, 15) is 9.59 Å². The summed E-state index contributed by atoms with van der Waals surface area (Å²) in [4.78, 5) is 22.7. The van der Waals surface area contributed by atoms with E-state index < -0.39 is 17.9 Å². The molecule has 1 fully saturated rings. The average molecular weight is 275 g/mol. The zero-order chi connectivity index (χ0) is 14.5. The van der Waals surface area contributed by atoms with Gasteiger partial charge >= 0.3 is 11.9 Å². The quantitative estimate of drug-likeness (QED) is 0.639. The minimum atomic E-state index is -0.923. The fourth-order valence-electron chi connectivity index (χ4n) is 2.16. The van der Waals surface area contributed by atoms with Crippen LogP contribution in [0.4, 0.5) is 0 Å². The van der Waals surface area contributed by atoms with Gasteiger partial charge in [0, 0.05) is 19.2 Å².